The Kier molecular flexibility index (Phi) is 4.88. The Morgan fingerprint density at radius 1 is 1.33 bits per heavy atom. The summed E-state index contributed by atoms with van der Waals surface area (Å²) in [4.78, 5) is 4.50. The van der Waals surface area contributed by atoms with Gasteiger partial charge in [-0.1, -0.05) is 26.2 Å². The molecule has 0 heterocycles. The fraction of sp³-hybridized carbons (Fsp3) is 0.909. The number of hydrogen-bond acceptors (Lipinski definition) is 2. The molecule has 0 aromatic rings. The smallest absolute Gasteiger partial charge is 0.205 e. The number of hydrazine groups is 1. The predicted molar refractivity (Wildman–Crippen MR) is 64.5 cm³/mol. The van der Waals surface area contributed by atoms with Gasteiger partial charge in [0.05, 0.1) is 0 Å². The van der Waals surface area contributed by atoms with Crippen LogP contribution >= 0.6 is 0 Å². The first-order valence-electron chi connectivity index (χ1n) is 5.95. The molecule has 0 aromatic heterocycles. The van der Waals surface area contributed by atoms with Gasteiger partial charge in [-0.2, -0.15) is 0 Å². The molecule has 1 aliphatic carbocycles. The van der Waals surface area contributed by atoms with E-state index in [1.165, 1.54) is 32.1 Å². The van der Waals surface area contributed by atoms with E-state index in [1.807, 2.05) is 6.92 Å². The van der Waals surface area contributed by atoms with Crippen LogP contribution in [0.15, 0.2) is 4.99 Å². The minimum absolute atomic E-state index is 0.385. The molecule has 1 fully saturated rings. The number of nitrogens with zero attached hydrogens (tertiary/aromatic N) is 1. The topological polar surface area (TPSA) is 62.4 Å². The van der Waals surface area contributed by atoms with Gasteiger partial charge in [-0.15, -0.1) is 0 Å². The van der Waals surface area contributed by atoms with E-state index in [9.17, 15) is 0 Å². The molecule has 4 heteroatoms. The Hall–Kier alpha value is -0.770. The quantitative estimate of drug-likeness (QED) is 0.287. The summed E-state index contributed by atoms with van der Waals surface area (Å²) in [5.74, 6) is 6.09. The van der Waals surface area contributed by atoms with E-state index in [-0.39, 0.29) is 0 Å². The fourth-order valence-corrected chi connectivity index (χ4v) is 2.15. The summed E-state index contributed by atoms with van der Waals surface area (Å²) in [7, 11) is 0. The lowest BCUT2D eigenvalue weighted by molar-refractivity contribution is 0.226. The van der Waals surface area contributed by atoms with Gasteiger partial charge in [0.15, 0.2) is 0 Å². The van der Waals surface area contributed by atoms with Crippen molar-refractivity contribution in [2.24, 2.45) is 16.3 Å². The molecule has 0 bridgehead atoms. The fourth-order valence-electron chi connectivity index (χ4n) is 2.15. The Morgan fingerprint density at radius 3 is 2.53 bits per heavy atom. The van der Waals surface area contributed by atoms with E-state index in [2.05, 4.69) is 22.7 Å². The van der Waals surface area contributed by atoms with E-state index < -0.39 is 0 Å². The number of guanidine groups is 1. The standard InChI is InChI=1S/C11H24N4/c1-3-13-10(15-12)14-9-11(2)7-5-4-6-8-11/h3-9,12H2,1-2H3,(H2,13,14,15). The van der Waals surface area contributed by atoms with Gasteiger partial charge in [-0.05, 0) is 25.2 Å². The molecule has 0 saturated heterocycles. The Labute approximate surface area is 92.7 Å². The lowest BCUT2D eigenvalue weighted by atomic mass is 9.76. The molecule has 0 atom stereocenters. The molecule has 0 aliphatic heterocycles. The molecule has 0 unspecified atom stereocenters. The second-order valence-corrected chi connectivity index (χ2v) is 4.71. The van der Waals surface area contributed by atoms with Crippen LogP contribution in [0.5, 0.6) is 0 Å². The lowest BCUT2D eigenvalue weighted by Gasteiger charge is -2.32. The molecule has 0 aromatic carbocycles. The second kappa shape index (κ2) is 5.95. The zero-order chi connectivity index (χ0) is 11.1. The summed E-state index contributed by atoms with van der Waals surface area (Å²) >= 11 is 0. The van der Waals surface area contributed by atoms with Crippen molar-refractivity contribution in [3.8, 4) is 0 Å². The SMILES string of the molecule is CCNC(=NCC1(C)CCCCC1)NN. The average Bonchev–Trinajstić information content (AvgIpc) is 2.25. The van der Waals surface area contributed by atoms with E-state index in [0.29, 0.717) is 11.4 Å². The van der Waals surface area contributed by atoms with Crippen molar-refractivity contribution >= 4 is 5.96 Å². The number of nitrogens with two attached hydrogens (primary N) is 1. The third kappa shape index (κ3) is 4.08. The van der Waals surface area contributed by atoms with E-state index >= 15 is 0 Å². The van der Waals surface area contributed by atoms with Crippen LogP contribution in [0.2, 0.25) is 0 Å². The first kappa shape index (κ1) is 12.3. The highest BCUT2D eigenvalue weighted by Crippen LogP contribution is 2.35. The normalized spacial score (nSPS) is 21.1. The van der Waals surface area contributed by atoms with Crippen molar-refractivity contribution in [1.29, 1.82) is 0 Å². The maximum Gasteiger partial charge on any atom is 0.205 e. The Morgan fingerprint density at radius 2 is 2.00 bits per heavy atom. The van der Waals surface area contributed by atoms with Crippen LogP contribution in [-0.2, 0) is 0 Å². The van der Waals surface area contributed by atoms with Gasteiger partial charge in [0, 0.05) is 13.1 Å². The minimum atomic E-state index is 0.385. The lowest BCUT2D eigenvalue weighted by Crippen LogP contribution is -2.42. The predicted octanol–water partition coefficient (Wildman–Crippen LogP) is 1.39. The monoisotopic (exact) mass is 212 g/mol. The van der Waals surface area contributed by atoms with Crippen LogP contribution < -0.4 is 16.6 Å². The Balaban J connectivity index is 2.44. The zero-order valence-corrected chi connectivity index (χ0v) is 9.97. The van der Waals surface area contributed by atoms with Crippen LogP contribution in [0.3, 0.4) is 0 Å². The average molecular weight is 212 g/mol. The van der Waals surface area contributed by atoms with Gasteiger partial charge >= 0.3 is 0 Å². The summed E-state index contributed by atoms with van der Waals surface area (Å²) in [5.41, 5.74) is 2.98. The van der Waals surface area contributed by atoms with Crippen LogP contribution in [0.4, 0.5) is 0 Å². The third-order valence-electron chi connectivity index (χ3n) is 3.16. The summed E-state index contributed by atoms with van der Waals surface area (Å²) < 4.78 is 0. The van der Waals surface area contributed by atoms with Gasteiger partial charge in [0.25, 0.3) is 0 Å². The molecular weight excluding hydrogens is 188 g/mol. The van der Waals surface area contributed by atoms with Crippen molar-refractivity contribution in [3.63, 3.8) is 0 Å². The number of rotatable bonds is 3. The number of aliphatic imine (C=N–C) groups is 1. The van der Waals surface area contributed by atoms with E-state index in [1.54, 1.807) is 0 Å². The van der Waals surface area contributed by atoms with Crippen LogP contribution in [-0.4, -0.2) is 19.0 Å². The largest absolute Gasteiger partial charge is 0.356 e. The summed E-state index contributed by atoms with van der Waals surface area (Å²) in [6.07, 6.45) is 6.66. The molecule has 4 nitrogen and oxygen atoms in total. The van der Waals surface area contributed by atoms with Crippen LogP contribution in [0.1, 0.15) is 46.0 Å². The summed E-state index contributed by atoms with van der Waals surface area (Å²) in [6.45, 7) is 6.09. The molecular formula is C11H24N4. The minimum Gasteiger partial charge on any atom is -0.356 e. The molecule has 4 N–H and O–H groups in total. The summed E-state index contributed by atoms with van der Waals surface area (Å²) in [6, 6.07) is 0. The maximum absolute atomic E-state index is 5.37. The van der Waals surface area contributed by atoms with Crippen LogP contribution in [0.25, 0.3) is 0 Å². The van der Waals surface area contributed by atoms with Gasteiger partial charge in [-0.3, -0.25) is 10.4 Å². The molecule has 1 aliphatic rings. The van der Waals surface area contributed by atoms with E-state index in [0.717, 1.165) is 13.1 Å². The van der Waals surface area contributed by atoms with Crippen LogP contribution in [0, 0.1) is 5.41 Å². The Bertz CT molecular complexity index is 207. The molecule has 0 amide bonds. The summed E-state index contributed by atoms with van der Waals surface area (Å²) in [5, 5.41) is 3.10. The zero-order valence-electron chi connectivity index (χ0n) is 9.97. The van der Waals surface area contributed by atoms with Crippen molar-refractivity contribution in [3.05, 3.63) is 0 Å². The highest BCUT2D eigenvalue weighted by molar-refractivity contribution is 5.79. The molecule has 0 radical (unpaired) electrons. The highest BCUT2D eigenvalue weighted by Gasteiger charge is 2.26. The molecule has 1 saturated carbocycles. The van der Waals surface area contributed by atoms with Gasteiger partial charge in [0.2, 0.25) is 5.96 Å². The first-order valence-corrected chi connectivity index (χ1v) is 5.95. The third-order valence-corrected chi connectivity index (χ3v) is 3.16. The maximum atomic E-state index is 5.37. The van der Waals surface area contributed by atoms with Crippen molar-refractivity contribution < 1.29 is 0 Å². The number of nitrogens with one attached hydrogen (secondary N) is 2. The van der Waals surface area contributed by atoms with Crippen molar-refractivity contribution in [2.75, 3.05) is 13.1 Å². The van der Waals surface area contributed by atoms with Gasteiger partial charge in [-0.25, -0.2) is 5.84 Å². The van der Waals surface area contributed by atoms with Gasteiger partial charge in [0.1, 0.15) is 0 Å². The van der Waals surface area contributed by atoms with E-state index in [4.69, 9.17) is 5.84 Å². The second-order valence-electron chi connectivity index (χ2n) is 4.71. The molecule has 88 valence electrons. The van der Waals surface area contributed by atoms with Crippen molar-refractivity contribution in [1.82, 2.24) is 10.7 Å². The van der Waals surface area contributed by atoms with Crippen molar-refractivity contribution in [2.45, 2.75) is 46.0 Å². The molecule has 15 heavy (non-hydrogen) atoms. The molecule has 0 spiro atoms. The highest BCUT2D eigenvalue weighted by atomic mass is 15.3. The van der Waals surface area contributed by atoms with Gasteiger partial charge < -0.3 is 5.32 Å². The first-order chi connectivity index (χ1) is 7.20. The molecule has 1 rings (SSSR count). The number of hydrogen-bond donors (Lipinski definition) is 3.